The molecule has 2 aromatic rings. The Morgan fingerprint density at radius 3 is 2.68 bits per heavy atom. The molecule has 1 atom stereocenters. The normalized spacial score (nSPS) is 17.4. The number of hydrogen-bond donors (Lipinski definition) is 0. The molecule has 96 valence electrons. The van der Waals surface area contributed by atoms with Crippen molar-refractivity contribution in [2.24, 2.45) is 0 Å². The van der Waals surface area contributed by atoms with Crippen LogP contribution in [-0.4, -0.2) is 17.6 Å². The Bertz CT molecular complexity index is 610. The van der Waals surface area contributed by atoms with Crippen LogP contribution in [0.15, 0.2) is 53.4 Å². The monoisotopic (exact) mass is 290 g/mol. The van der Waals surface area contributed by atoms with Crippen molar-refractivity contribution in [1.82, 2.24) is 0 Å². The van der Waals surface area contributed by atoms with Gasteiger partial charge in [-0.3, -0.25) is 4.79 Å². The standard InChI is InChI=1S/C15H11ClO2S/c16-11-7-5-10(6-8-11)15(17)13-9-19-14-4-2-1-3-12(14)18-13/h1-8,13H,9H2. The van der Waals surface area contributed by atoms with Gasteiger partial charge in [-0.25, -0.2) is 0 Å². The van der Waals surface area contributed by atoms with Crippen LogP contribution in [0, 0.1) is 0 Å². The molecule has 0 spiro atoms. The third-order valence-corrected chi connectivity index (χ3v) is 4.30. The van der Waals surface area contributed by atoms with Gasteiger partial charge < -0.3 is 4.74 Å². The SMILES string of the molecule is O=C(c1ccc(Cl)cc1)C1CSc2ccccc2O1. The highest BCUT2D eigenvalue weighted by molar-refractivity contribution is 7.99. The fourth-order valence-corrected chi connectivity index (χ4v) is 3.06. The molecule has 0 bridgehead atoms. The fourth-order valence-electron chi connectivity index (χ4n) is 1.95. The zero-order valence-electron chi connectivity index (χ0n) is 10.0. The Morgan fingerprint density at radius 1 is 1.16 bits per heavy atom. The summed E-state index contributed by atoms with van der Waals surface area (Å²) in [6, 6.07) is 14.7. The van der Waals surface area contributed by atoms with E-state index in [4.69, 9.17) is 16.3 Å². The molecule has 19 heavy (non-hydrogen) atoms. The lowest BCUT2D eigenvalue weighted by molar-refractivity contribution is 0.0815. The molecule has 0 radical (unpaired) electrons. The molecule has 0 N–H and O–H groups in total. The van der Waals surface area contributed by atoms with Crippen LogP contribution in [0.2, 0.25) is 5.02 Å². The van der Waals surface area contributed by atoms with Crippen molar-refractivity contribution in [3.05, 3.63) is 59.1 Å². The highest BCUT2D eigenvalue weighted by Gasteiger charge is 2.27. The van der Waals surface area contributed by atoms with Crippen molar-refractivity contribution in [3.8, 4) is 5.75 Å². The van der Waals surface area contributed by atoms with Crippen molar-refractivity contribution in [1.29, 1.82) is 0 Å². The quantitative estimate of drug-likeness (QED) is 0.780. The Balaban J connectivity index is 1.81. The molecular weight excluding hydrogens is 280 g/mol. The van der Waals surface area contributed by atoms with Gasteiger partial charge >= 0.3 is 0 Å². The van der Waals surface area contributed by atoms with Crippen molar-refractivity contribution in [2.45, 2.75) is 11.0 Å². The number of Topliss-reactive ketones (excluding diaryl/α,β-unsaturated/α-hetero) is 1. The summed E-state index contributed by atoms with van der Waals surface area (Å²) in [5, 5.41) is 0.626. The van der Waals surface area contributed by atoms with Crippen LogP contribution >= 0.6 is 23.4 Å². The van der Waals surface area contributed by atoms with E-state index in [0.717, 1.165) is 10.6 Å². The second-order valence-electron chi connectivity index (χ2n) is 4.24. The highest BCUT2D eigenvalue weighted by atomic mass is 35.5. The molecule has 0 saturated carbocycles. The van der Waals surface area contributed by atoms with E-state index in [1.807, 2.05) is 24.3 Å². The van der Waals surface area contributed by atoms with Crippen LogP contribution in [0.3, 0.4) is 0 Å². The largest absolute Gasteiger partial charge is 0.480 e. The second kappa shape index (κ2) is 5.27. The number of thioether (sulfide) groups is 1. The van der Waals surface area contributed by atoms with Gasteiger partial charge in [0, 0.05) is 21.2 Å². The summed E-state index contributed by atoms with van der Waals surface area (Å²) in [5.74, 6) is 1.42. The Labute approximate surface area is 120 Å². The van der Waals surface area contributed by atoms with Gasteiger partial charge in [-0.2, -0.15) is 0 Å². The van der Waals surface area contributed by atoms with Gasteiger partial charge in [-0.15, -0.1) is 11.8 Å². The first kappa shape index (κ1) is 12.6. The van der Waals surface area contributed by atoms with Crippen LogP contribution in [0.25, 0.3) is 0 Å². The summed E-state index contributed by atoms with van der Waals surface area (Å²) in [6.07, 6.45) is -0.430. The smallest absolute Gasteiger partial charge is 0.204 e. The Morgan fingerprint density at radius 2 is 1.89 bits per heavy atom. The minimum absolute atomic E-state index is 0.00123. The van der Waals surface area contributed by atoms with Crippen molar-refractivity contribution < 1.29 is 9.53 Å². The van der Waals surface area contributed by atoms with E-state index in [9.17, 15) is 4.79 Å². The number of carbonyl (C=O) groups is 1. The summed E-state index contributed by atoms with van der Waals surface area (Å²) in [5.41, 5.74) is 0.634. The fraction of sp³-hybridized carbons (Fsp3) is 0.133. The van der Waals surface area contributed by atoms with Crippen LogP contribution in [-0.2, 0) is 0 Å². The summed E-state index contributed by atoms with van der Waals surface area (Å²) < 4.78 is 5.77. The predicted molar refractivity (Wildman–Crippen MR) is 77.4 cm³/mol. The first-order valence-corrected chi connectivity index (χ1v) is 7.28. The van der Waals surface area contributed by atoms with Crippen LogP contribution in [0.1, 0.15) is 10.4 Å². The van der Waals surface area contributed by atoms with E-state index in [0.29, 0.717) is 16.3 Å². The van der Waals surface area contributed by atoms with Gasteiger partial charge in [-0.05, 0) is 36.4 Å². The first-order chi connectivity index (χ1) is 9.24. The molecule has 1 unspecified atom stereocenters. The van der Waals surface area contributed by atoms with E-state index in [2.05, 4.69) is 0 Å². The van der Waals surface area contributed by atoms with E-state index in [1.165, 1.54) is 0 Å². The molecule has 2 nitrogen and oxygen atoms in total. The Kier molecular flexibility index (Phi) is 3.49. The first-order valence-electron chi connectivity index (χ1n) is 5.92. The van der Waals surface area contributed by atoms with Gasteiger partial charge in [0.1, 0.15) is 5.75 Å². The summed E-state index contributed by atoms with van der Waals surface area (Å²) in [6.45, 7) is 0. The van der Waals surface area contributed by atoms with Crippen molar-refractivity contribution in [3.63, 3.8) is 0 Å². The topological polar surface area (TPSA) is 26.3 Å². The number of halogens is 1. The minimum Gasteiger partial charge on any atom is -0.480 e. The number of ketones is 1. The molecule has 4 heteroatoms. The number of hydrogen-bond acceptors (Lipinski definition) is 3. The molecule has 1 heterocycles. The third kappa shape index (κ3) is 2.62. The molecule has 2 aromatic carbocycles. The summed E-state index contributed by atoms with van der Waals surface area (Å²) >= 11 is 7.47. The summed E-state index contributed by atoms with van der Waals surface area (Å²) in [7, 11) is 0. The molecular formula is C15H11ClO2S. The number of fused-ring (bicyclic) bond motifs is 1. The maximum absolute atomic E-state index is 12.3. The van der Waals surface area contributed by atoms with Gasteiger partial charge in [0.2, 0.25) is 5.78 Å². The van der Waals surface area contributed by atoms with Gasteiger partial charge in [0.25, 0.3) is 0 Å². The number of rotatable bonds is 2. The van der Waals surface area contributed by atoms with E-state index in [1.54, 1.807) is 36.0 Å². The van der Waals surface area contributed by atoms with Gasteiger partial charge in [0.15, 0.2) is 6.10 Å². The van der Waals surface area contributed by atoms with Crippen LogP contribution < -0.4 is 4.74 Å². The molecule has 1 aliphatic heterocycles. The van der Waals surface area contributed by atoms with Gasteiger partial charge in [-0.1, -0.05) is 23.7 Å². The molecule has 0 aromatic heterocycles. The molecule has 1 aliphatic rings. The zero-order valence-corrected chi connectivity index (χ0v) is 11.6. The maximum Gasteiger partial charge on any atom is 0.204 e. The lowest BCUT2D eigenvalue weighted by Crippen LogP contribution is -2.32. The molecule has 3 rings (SSSR count). The lowest BCUT2D eigenvalue weighted by atomic mass is 10.1. The average molecular weight is 291 g/mol. The van der Waals surface area contributed by atoms with Crippen LogP contribution in [0.5, 0.6) is 5.75 Å². The average Bonchev–Trinajstić information content (AvgIpc) is 2.47. The van der Waals surface area contributed by atoms with Crippen molar-refractivity contribution in [2.75, 3.05) is 5.75 Å². The molecule has 0 saturated heterocycles. The molecule has 0 fully saturated rings. The molecule has 0 amide bonds. The third-order valence-electron chi connectivity index (χ3n) is 2.93. The van der Waals surface area contributed by atoms with E-state index >= 15 is 0 Å². The number of benzene rings is 2. The van der Waals surface area contributed by atoms with Gasteiger partial charge in [0.05, 0.1) is 0 Å². The van der Waals surface area contributed by atoms with Crippen LogP contribution in [0.4, 0.5) is 0 Å². The maximum atomic E-state index is 12.3. The highest BCUT2D eigenvalue weighted by Crippen LogP contribution is 2.35. The van der Waals surface area contributed by atoms with E-state index in [-0.39, 0.29) is 5.78 Å². The predicted octanol–water partition coefficient (Wildman–Crippen LogP) is 4.08. The number of para-hydroxylation sites is 1. The minimum atomic E-state index is -0.430. The lowest BCUT2D eigenvalue weighted by Gasteiger charge is -2.24. The zero-order chi connectivity index (χ0) is 13.2. The number of ether oxygens (including phenoxy) is 1. The van der Waals surface area contributed by atoms with Crippen molar-refractivity contribution >= 4 is 29.1 Å². The second-order valence-corrected chi connectivity index (χ2v) is 5.73. The van der Waals surface area contributed by atoms with E-state index < -0.39 is 6.10 Å². The Hall–Kier alpha value is -1.45. The number of carbonyl (C=O) groups excluding carboxylic acids is 1. The molecule has 0 aliphatic carbocycles. The summed E-state index contributed by atoms with van der Waals surface area (Å²) in [4.78, 5) is 13.4.